The van der Waals surface area contributed by atoms with Gasteiger partial charge in [0.05, 0.1) is 23.7 Å². The molecule has 0 aliphatic heterocycles. The van der Waals surface area contributed by atoms with Crippen LogP contribution < -0.4 is 4.74 Å². The Labute approximate surface area is 85.0 Å². The number of hydrogen-bond donors (Lipinski definition) is 1. The molecule has 0 heterocycles. The Balaban J connectivity index is 3.40. The molecule has 6 heteroatoms. The predicted molar refractivity (Wildman–Crippen MR) is 50.6 cm³/mol. The highest BCUT2D eigenvalue weighted by molar-refractivity contribution is 6.31. The van der Waals surface area contributed by atoms with E-state index in [1.54, 1.807) is 0 Å². The number of benzene rings is 1. The SMILES string of the molecule is COc1c([N+](=O)[O-])ccc(Cl)c1CO. The van der Waals surface area contributed by atoms with Gasteiger partial charge in [0.1, 0.15) is 0 Å². The number of ether oxygens (including phenoxy) is 1. The molecule has 0 aliphatic rings. The number of aliphatic hydroxyl groups is 1. The lowest BCUT2D eigenvalue weighted by Crippen LogP contribution is -1.98. The van der Waals surface area contributed by atoms with E-state index in [9.17, 15) is 10.1 Å². The number of hydrogen-bond acceptors (Lipinski definition) is 4. The minimum absolute atomic E-state index is 0.00463. The van der Waals surface area contributed by atoms with Crippen LogP contribution in [0.15, 0.2) is 12.1 Å². The molecule has 0 atom stereocenters. The Morgan fingerprint density at radius 1 is 1.64 bits per heavy atom. The minimum Gasteiger partial charge on any atom is -0.490 e. The normalized spacial score (nSPS) is 9.93. The van der Waals surface area contributed by atoms with E-state index in [2.05, 4.69) is 0 Å². The van der Waals surface area contributed by atoms with Crippen LogP contribution in [-0.2, 0) is 6.61 Å². The maximum atomic E-state index is 10.6. The Kier molecular flexibility index (Phi) is 3.27. The fourth-order valence-corrected chi connectivity index (χ4v) is 1.32. The summed E-state index contributed by atoms with van der Waals surface area (Å²) in [5, 5.41) is 19.8. The van der Waals surface area contributed by atoms with Gasteiger partial charge in [-0.25, -0.2) is 0 Å². The molecule has 0 aromatic heterocycles. The minimum atomic E-state index is -0.589. The van der Waals surface area contributed by atoms with E-state index in [4.69, 9.17) is 21.4 Å². The van der Waals surface area contributed by atoms with Gasteiger partial charge in [-0.2, -0.15) is 0 Å². The third kappa shape index (κ3) is 1.78. The van der Waals surface area contributed by atoms with Crippen molar-refractivity contribution in [1.29, 1.82) is 0 Å². The van der Waals surface area contributed by atoms with Crippen molar-refractivity contribution >= 4 is 17.3 Å². The van der Waals surface area contributed by atoms with Crippen LogP contribution in [0.4, 0.5) is 5.69 Å². The van der Waals surface area contributed by atoms with Crippen LogP contribution in [0.5, 0.6) is 5.75 Å². The zero-order valence-electron chi connectivity index (χ0n) is 7.36. The van der Waals surface area contributed by atoms with Gasteiger partial charge in [-0.1, -0.05) is 11.6 Å². The fraction of sp³-hybridized carbons (Fsp3) is 0.250. The molecule has 1 rings (SSSR count). The maximum absolute atomic E-state index is 10.6. The Hall–Kier alpha value is -1.33. The molecule has 0 fully saturated rings. The zero-order chi connectivity index (χ0) is 10.7. The molecule has 14 heavy (non-hydrogen) atoms. The van der Waals surface area contributed by atoms with Crippen molar-refractivity contribution in [2.75, 3.05) is 7.11 Å². The van der Waals surface area contributed by atoms with Gasteiger partial charge in [0.15, 0.2) is 0 Å². The Morgan fingerprint density at radius 3 is 2.71 bits per heavy atom. The standard InChI is InChI=1S/C8H8ClNO4/c1-14-8-5(4-11)6(9)2-3-7(8)10(12)13/h2-3,11H,4H2,1H3. The van der Waals surface area contributed by atoms with E-state index in [0.29, 0.717) is 0 Å². The molecule has 0 spiro atoms. The lowest BCUT2D eigenvalue weighted by Gasteiger charge is -2.07. The number of rotatable bonds is 3. The topological polar surface area (TPSA) is 72.6 Å². The van der Waals surface area contributed by atoms with Gasteiger partial charge in [-0.3, -0.25) is 10.1 Å². The van der Waals surface area contributed by atoms with Gasteiger partial charge in [0.2, 0.25) is 5.75 Å². The summed E-state index contributed by atoms with van der Waals surface area (Å²) in [6.45, 7) is -0.399. The van der Waals surface area contributed by atoms with Gasteiger partial charge >= 0.3 is 5.69 Å². The van der Waals surface area contributed by atoms with Crippen LogP contribution >= 0.6 is 11.6 Å². The van der Waals surface area contributed by atoms with Gasteiger partial charge < -0.3 is 9.84 Å². The number of nitro benzene ring substituents is 1. The van der Waals surface area contributed by atoms with E-state index in [0.717, 1.165) is 0 Å². The summed E-state index contributed by atoms with van der Waals surface area (Å²) in [5.74, 6) is 0.00463. The van der Waals surface area contributed by atoms with Gasteiger partial charge in [0, 0.05) is 11.6 Å². The van der Waals surface area contributed by atoms with Gasteiger partial charge in [-0.15, -0.1) is 0 Å². The first-order valence-corrected chi connectivity index (χ1v) is 4.10. The van der Waals surface area contributed by atoms with Gasteiger partial charge in [-0.05, 0) is 6.07 Å². The van der Waals surface area contributed by atoms with E-state index < -0.39 is 11.5 Å². The molecule has 76 valence electrons. The molecule has 0 radical (unpaired) electrons. The quantitative estimate of drug-likeness (QED) is 0.618. The van der Waals surface area contributed by atoms with E-state index >= 15 is 0 Å². The average Bonchev–Trinajstić information content (AvgIpc) is 2.16. The number of methoxy groups -OCH3 is 1. The lowest BCUT2D eigenvalue weighted by atomic mass is 10.2. The highest BCUT2D eigenvalue weighted by Gasteiger charge is 2.20. The van der Waals surface area contributed by atoms with E-state index in [1.165, 1.54) is 19.2 Å². The first-order chi connectivity index (χ1) is 6.61. The maximum Gasteiger partial charge on any atom is 0.311 e. The highest BCUT2D eigenvalue weighted by Crippen LogP contribution is 2.35. The van der Waals surface area contributed by atoms with Crippen molar-refractivity contribution < 1.29 is 14.8 Å². The molecule has 1 aromatic carbocycles. The second kappa shape index (κ2) is 4.26. The summed E-state index contributed by atoms with van der Waals surface area (Å²) in [4.78, 5) is 9.97. The van der Waals surface area contributed by atoms with Crippen molar-refractivity contribution in [2.24, 2.45) is 0 Å². The summed E-state index contributed by atoms with van der Waals surface area (Å²) in [5.41, 5.74) is 0.0179. The van der Waals surface area contributed by atoms with E-state index in [1.807, 2.05) is 0 Å². The number of aliphatic hydroxyl groups excluding tert-OH is 1. The number of nitro groups is 1. The predicted octanol–water partition coefficient (Wildman–Crippen LogP) is 1.75. The van der Waals surface area contributed by atoms with Crippen LogP contribution in [0.3, 0.4) is 0 Å². The molecule has 0 bridgehead atoms. The van der Waals surface area contributed by atoms with Crippen molar-refractivity contribution in [3.63, 3.8) is 0 Å². The number of halogens is 1. The van der Waals surface area contributed by atoms with E-state index in [-0.39, 0.29) is 22.0 Å². The Morgan fingerprint density at radius 2 is 2.29 bits per heavy atom. The molecule has 0 amide bonds. The molecule has 0 saturated carbocycles. The third-order valence-corrected chi connectivity index (χ3v) is 2.10. The second-order valence-electron chi connectivity index (χ2n) is 2.49. The number of nitrogens with zero attached hydrogens (tertiary/aromatic N) is 1. The van der Waals surface area contributed by atoms with Crippen LogP contribution in [-0.4, -0.2) is 17.1 Å². The molecular weight excluding hydrogens is 210 g/mol. The molecule has 0 unspecified atom stereocenters. The smallest absolute Gasteiger partial charge is 0.311 e. The molecular formula is C8H8ClNO4. The van der Waals surface area contributed by atoms with Crippen molar-refractivity contribution in [3.05, 3.63) is 32.8 Å². The van der Waals surface area contributed by atoms with Crippen LogP contribution in [0.2, 0.25) is 5.02 Å². The second-order valence-corrected chi connectivity index (χ2v) is 2.90. The zero-order valence-corrected chi connectivity index (χ0v) is 8.11. The molecule has 1 N–H and O–H groups in total. The van der Waals surface area contributed by atoms with Crippen LogP contribution in [0.25, 0.3) is 0 Å². The summed E-state index contributed by atoms with van der Waals surface area (Å²) in [6.07, 6.45) is 0. The average molecular weight is 218 g/mol. The summed E-state index contributed by atoms with van der Waals surface area (Å²) in [7, 11) is 1.29. The summed E-state index contributed by atoms with van der Waals surface area (Å²) >= 11 is 5.72. The first-order valence-electron chi connectivity index (χ1n) is 3.72. The lowest BCUT2D eigenvalue weighted by molar-refractivity contribution is -0.385. The van der Waals surface area contributed by atoms with Crippen molar-refractivity contribution in [3.8, 4) is 5.75 Å². The largest absolute Gasteiger partial charge is 0.490 e. The molecule has 0 saturated heterocycles. The van der Waals surface area contributed by atoms with Crippen molar-refractivity contribution in [2.45, 2.75) is 6.61 Å². The molecule has 1 aromatic rings. The summed E-state index contributed by atoms with van der Waals surface area (Å²) < 4.78 is 4.82. The summed E-state index contributed by atoms with van der Waals surface area (Å²) in [6, 6.07) is 2.59. The fourth-order valence-electron chi connectivity index (χ4n) is 1.11. The molecule has 5 nitrogen and oxygen atoms in total. The molecule has 0 aliphatic carbocycles. The van der Waals surface area contributed by atoms with Crippen LogP contribution in [0, 0.1) is 10.1 Å². The third-order valence-electron chi connectivity index (χ3n) is 1.74. The Bertz CT molecular complexity index is 367. The monoisotopic (exact) mass is 217 g/mol. The van der Waals surface area contributed by atoms with Crippen LogP contribution in [0.1, 0.15) is 5.56 Å². The first kappa shape index (κ1) is 10.7. The van der Waals surface area contributed by atoms with Crippen molar-refractivity contribution in [1.82, 2.24) is 0 Å². The highest BCUT2D eigenvalue weighted by atomic mass is 35.5. The van der Waals surface area contributed by atoms with Gasteiger partial charge in [0.25, 0.3) is 0 Å².